The van der Waals surface area contributed by atoms with Gasteiger partial charge in [-0.1, -0.05) is 6.58 Å². The molecule has 10 heteroatoms. The van der Waals surface area contributed by atoms with Gasteiger partial charge in [-0.3, -0.25) is 4.79 Å². The third-order valence-corrected chi connectivity index (χ3v) is 8.01. The van der Waals surface area contributed by atoms with E-state index in [1.165, 1.54) is 6.08 Å². The molecular formula is C25H35N7O3. The van der Waals surface area contributed by atoms with Gasteiger partial charge in [-0.15, -0.1) is 0 Å². The molecule has 4 saturated heterocycles. The average Bonchev–Trinajstić information content (AvgIpc) is 3.47. The fourth-order valence-corrected chi connectivity index (χ4v) is 5.97. The van der Waals surface area contributed by atoms with Crippen LogP contribution >= 0.6 is 0 Å². The molecule has 0 radical (unpaired) electrons. The van der Waals surface area contributed by atoms with Crippen LogP contribution in [0.2, 0.25) is 0 Å². The van der Waals surface area contributed by atoms with E-state index in [0.29, 0.717) is 49.5 Å². The van der Waals surface area contributed by atoms with Crippen molar-refractivity contribution in [1.29, 1.82) is 5.26 Å². The predicted molar refractivity (Wildman–Crippen MR) is 131 cm³/mol. The summed E-state index contributed by atoms with van der Waals surface area (Å²) in [6.07, 6.45) is 5.69. The number of nitrogens with zero attached hydrogens (tertiary/aromatic N) is 7. The lowest BCUT2D eigenvalue weighted by molar-refractivity contribution is -0.136. The van der Waals surface area contributed by atoms with E-state index in [4.69, 9.17) is 9.72 Å². The van der Waals surface area contributed by atoms with Crippen LogP contribution in [0.25, 0.3) is 0 Å². The van der Waals surface area contributed by atoms with Gasteiger partial charge in [-0.2, -0.15) is 15.2 Å². The molecule has 1 N–H and O–H groups in total. The monoisotopic (exact) mass is 481 g/mol. The molecule has 4 fully saturated rings. The third-order valence-electron chi connectivity index (χ3n) is 8.01. The van der Waals surface area contributed by atoms with Crippen molar-refractivity contribution in [2.75, 3.05) is 69.3 Å². The molecule has 1 aromatic rings. The highest BCUT2D eigenvalue weighted by molar-refractivity contribution is 5.87. The summed E-state index contributed by atoms with van der Waals surface area (Å²) in [5.41, 5.74) is 0.450. The summed E-state index contributed by atoms with van der Waals surface area (Å²) in [5, 5.41) is 20.4. The minimum Gasteiger partial charge on any atom is -0.462 e. The molecule has 1 aromatic heterocycles. The van der Waals surface area contributed by atoms with E-state index < -0.39 is 6.10 Å². The Morgan fingerprint density at radius 3 is 2.60 bits per heavy atom. The van der Waals surface area contributed by atoms with Gasteiger partial charge in [0.25, 0.3) is 0 Å². The second-order valence-corrected chi connectivity index (χ2v) is 10.5. The minimum atomic E-state index is -0.441. The summed E-state index contributed by atoms with van der Waals surface area (Å²) in [6.45, 7) is 9.22. The first kappa shape index (κ1) is 23.8. The second-order valence-electron chi connectivity index (χ2n) is 10.5. The first-order chi connectivity index (χ1) is 16.9. The number of aromatic nitrogens is 2. The van der Waals surface area contributed by atoms with Gasteiger partial charge in [0.05, 0.1) is 6.10 Å². The van der Waals surface area contributed by atoms with Crippen LogP contribution in [-0.4, -0.2) is 102 Å². The quantitative estimate of drug-likeness (QED) is 0.595. The third kappa shape index (κ3) is 4.67. The highest BCUT2D eigenvalue weighted by Crippen LogP contribution is 2.42. The van der Waals surface area contributed by atoms with Gasteiger partial charge in [0.2, 0.25) is 5.91 Å². The molecule has 4 aliphatic rings. The number of ether oxygens (including phenoxy) is 1. The van der Waals surface area contributed by atoms with Crippen molar-refractivity contribution in [2.45, 2.75) is 44.2 Å². The van der Waals surface area contributed by atoms with Gasteiger partial charge in [-0.05, 0) is 51.8 Å². The van der Waals surface area contributed by atoms with Crippen LogP contribution in [0.5, 0.6) is 6.01 Å². The summed E-state index contributed by atoms with van der Waals surface area (Å²) < 4.78 is 6.12. The maximum atomic E-state index is 12.0. The predicted octanol–water partition coefficient (Wildman–Crippen LogP) is 1.01. The lowest BCUT2D eigenvalue weighted by Gasteiger charge is -2.47. The number of hydrogen-bond donors (Lipinski definition) is 1. The fourth-order valence-electron chi connectivity index (χ4n) is 5.97. The molecule has 1 spiro atoms. The lowest BCUT2D eigenvalue weighted by Crippen LogP contribution is -2.59. The molecule has 0 aliphatic carbocycles. The van der Waals surface area contributed by atoms with Crippen molar-refractivity contribution in [1.82, 2.24) is 19.8 Å². The number of likely N-dealkylation sites (tertiary alicyclic amines) is 2. The first-order valence-electron chi connectivity index (χ1n) is 12.7. The van der Waals surface area contributed by atoms with E-state index in [0.717, 1.165) is 58.3 Å². The summed E-state index contributed by atoms with van der Waals surface area (Å²) in [5.74, 6) is 1.11. The number of β-amino-alcohol motifs (C(OH)–C–C–N with tert-alkyl or cyclic N) is 1. The van der Waals surface area contributed by atoms with Gasteiger partial charge in [0.15, 0.2) is 11.6 Å². The zero-order valence-electron chi connectivity index (χ0n) is 20.5. The number of aliphatic hydroxyl groups excluding tert-OH is 1. The van der Waals surface area contributed by atoms with Gasteiger partial charge >= 0.3 is 6.01 Å². The van der Waals surface area contributed by atoms with Crippen molar-refractivity contribution >= 4 is 17.5 Å². The summed E-state index contributed by atoms with van der Waals surface area (Å²) in [7, 11) is 2.11. The number of hydrogen-bond acceptors (Lipinski definition) is 9. The molecule has 10 nitrogen and oxygen atoms in total. The van der Waals surface area contributed by atoms with Gasteiger partial charge < -0.3 is 29.4 Å². The molecule has 5 rings (SSSR count). The Balaban J connectivity index is 1.41. The Labute approximate surface area is 206 Å². The van der Waals surface area contributed by atoms with Crippen molar-refractivity contribution < 1.29 is 14.6 Å². The molecule has 4 aliphatic heterocycles. The summed E-state index contributed by atoms with van der Waals surface area (Å²) >= 11 is 0. The zero-order chi connectivity index (χ0) is 24.6. The van der Waals surface area contributed by atoms with E-state index in [1.54, 1.807) is 0 Å². The largest absolute Gasteiger partial charge is 0.462 e. The molecule has 1 amide bonds. The standard InChI is InChI=1S/C25H35N7O3/c1-3-21(34)32-16-25(17-32)8-11-31(15-25)23-20(12-26)22(30-10-5-7-19(33)13-30)27-24(28-23)35-14-18-6-4-9-29(18)2/h3,18-19,33H,1,4-11,13-17H2,2H3/t18-,19?/m0/s1. The van der Waals surface area contributed by atoms with Crippen LogP contribution in [-0.2, 0) is 4.79 Å². The van der Waals surface area contributed by atoms with Crippen LogP contribution in [0.15, 0.2) is 12.7 Å². The minimum absolute atomic E-state index is 0.0193. The Kier molecular flexibility index (Phi) is 6.55. The molecule has 35 heavy (non-hydrogen) atoms. The van der Waals surface area contributed by atoms with Crippen molar-refractivity contribution in [3.05, 3.63) is 18.2 Å². The summed E-state index contributed by atoms with van der Waals surface area (Å²) in [4.78, 5) is 29.6. The molecule has 188 valence electrons. The van der Waals surface area contributed by atoms with Gasteiger partial charge in [0.1, 0.15) is 18.2 Å². The highest BCUT2D eigenvalue weighted by Gasteiger charge is 2.49. The number of piperidine rings is 1. The SMILES string of the molecule is C=CC(=O)N1CC2(CCN(c3nc(OC[C@@H]4CCCN4C)nc(N4CCCC(O)C4)c3C#N)C2)C1. The van der Waals surface area contributed by atoms with Crippen molar-refractivity contribution in [3.63, 3.8) is 0 Å². The first-order valence-corrected chi connectivity index (χ1v) is 12.7. The van der Waals surface area contributed by atoms with E-state index >= 15 is 0 Å². The van der Waals surface area contributed by atoms with Gasteiger partial charge in [-0.25, -0.2) is 0 Å². The van der Waals surface area contributed by atoms with E-state index in [2.05, 4.69) is 34.5 Å². The number of rotatable bonds is 6. The molecular weight excluding hydrogens is 446 g/mol. The number of anilines is 2. The maximum absolute atomic E-state index is 12.0. The average molecular weight is 482 g/mol. The fraction of sp³-hybridized carbons (Fsp3) is 0.680. The zero-order valence-corrected chi connectivity index (χ0v) is 20.5. The Hall–Kier alpha value is -2.90. The van der Waals surface area contributed by atoms with E-state index in [-0.39, 0.29) is 17.3 Å². The number of nitriles is 1. The van der Waals surface area contributed by atoms with Crippen LogP contribution < -0.4 is 14.5 Å². The van der Waals surface area contributed by atoms with Gasteiger partial charge in [0, 0.05) is 50.7 Å². The van der Waals surface area contributed by atoms with Crippen LogP contribution in [0.1, 0.15) is 37.7 Å². The Morgan fingerprint density at radius 1 is 1.20 bits per heavy atom. The van der Waals surface area contributed by atoms with Crippen molar-refractivity contribution in [2.24, 2.45) is 5.41 Å². The van der Waals surface area contributed by atoms with Crippen LogP contribution in [0.4, 0.5) is 11.6 Å². The number of carbonyl (C=O) groups excluding carboxylic acids is 1. The lowest BCUT2D eigenvalue weighted by atomic mass is 9.79. The number of likely N-dealkylation sites (N-methyl/N-ethyl adjacent to an activating group) is 1. The van der Waals surface area contributed by atoms with Crippen LogP contribution in [0.3, 0.4) is 0 Å². The molecule has 2 atom stereocenters. The van der Waals surface area contributed by atoms with E-state index in [9.17, 15) is 15.2 Å². The molecule has 0 aromatic carbocycles. The molecule has 0 saturated carbocycles. The number of carbonyl (C=O) groups is 1. The Morgan fingerprint density at radius 2 is 1.94 bits per heavy atom. The Bertz CT molecular complexity index is 1020. The number of aliphatic hydroxyl groups is 1. The normalized spacial score (nSPS) is 26.0. The van der Waals surface area contributed by atoms with E-state index in [1.807, 2.05) is 9.80 Å². The topological polar surface area (TPSA) is 109 Å². The molecule has 5 heterocycles. The molecule has 0 bridgehead atoms. The molecule has 1 unspecified atom stereocenters. The second kappa shape index (κ2) is 9.63. The summed E-state index contributed by atoms with van der Waals surface area (Å²) in [6, 6.07) is 2.97. The highest BCUT2D eigenvalue weighted by atomic mass is 16.5. The smallest absolute Gasteiger partial charge is 0.320 e. The number of amides is 1. The van der Waals surface area contributed by atoms with Crippen molar-refractivity contribution in [3.8, 4) is 12.1 Å². The van der Waals surface area contributed by atoms with Crippen LogP contribution in [0, 0.1) is 16.7 Å². The maximum Gasteiger partial charge on any atom is 0.320 e.